The van der Waals surface area contributed by atoms with Crippen LogP contribution >= 0.6 is 0 Å². The zero-order chi connectivity index (χ0) is 12.8. The molecule has 0 aliphatic rings. The van der Waals surface area contributed by atoms with Gasteiger partial charge in [-0.1, -0.05) is 25.1 Å². The van der Waals surface area contributed by atoms with Gasteiger partial charge in [0.25, 0.3) is 0 Å². The van der Waals surface area contributed by atoms with Gasteiger partial charge in [-0.2, -0.15) is 4.98 Å². The van der Waals surface area contributed by atoms with Gasteiger partial charge in [0.2, 0.25) is 5.88 Å². The summed E-state index contributed by atoms with van der Waals surface area (Å²) in [6, 6.07) is 11.4. The highest BCUT2D eigenvalue weighted by molar-refractivity contribution is 5.39. The highest BCUT2D eigenvalue weighted by Crippen LogP contribution is 2.20. The molecule has 94 valence electrons. The summed E-state index contributed by atoms with van der Waals surface area (Å²) in [6.07, 6.45) is 1.05. The van der Waals surface area contributed by atoms with Crippen LogP contribution in [-0.4, -0.2) is 16.5 Å². The minimum Gasteiger partial charge on any atom is -0.439 e. The van der Waals surface area contributed by atoms with Crippen LogP contribution in [0.1, 0.15) is 19.2 Å². The molecule has 2 aromatic rings. The molecule has 1 aromatic carbocycles. The second-order valence-electron chi connectivity index (χ2n) is 3.98. The molecule has 0 saturated carbocycles. The van der Waals surface area contributed by atoms with Crippen LogP contribution in [0.2, 0.25) is 0 Å². The van der Waals surface area contributed by atoms with E-state index in [-0.39, 0.29) is 0 Å². The number of anilines is 1. The van der Waals surface area contributed by atoms with E-state index in [1.54, 1.807) is 0 Å². The average molecular weight is 243 g/mol. The molecule has 0 aliphatic heterocycles. The number of rotatable bonds is 5. The first kappa shape index (κ1) is 12.4. The molecule has 0 bridgehead atoms. The van der Waals surface area contributed by atoms with Gasteiger partial charge in [0.1, 0.15) is 17.4 Å². The van der Waals surface area contributed by atoms with Crippen molar-refractivity contribution in [2.24, 2.45) is 0 Å². The van der Waals surface area contributed by atoms with E-state index in [0.29, 0.717) is 11.7 Å². The number of para-hydroxylation sites is 1. The maximum absolute atomic E-state index is 5.69. The van der Waals surface area contributed by atoms with E-state index in [2.05, 4.69) is 22.2 Å². The lowest BCUT2D eigenvalue weighted by Gasteiger charge is -2.08. The van der Waals surface area contributed by atoms with Gasteiger partial charge in [-0.15, -0.1) is 0 Å². The molecule has 1 N–H and O–H groups in total. The topological polar surface area (TPSA) is 47.0 Å². The van der Waals surface area contributed by atoms with Crippen LogP contribution in [0.3, 0.4) is 0 Å². The molecule has 0 aliphatic carbocycles. The Morgan fingerprint density at radius 1 is 1.17 bits per heavy atom. The lowest BCUT2D eigenvalue weighted by Crippen LogP contribution is -2.04. The second-order valence-corrected chi connectivity index (χ2v) is 3.98. The lowest BCUT2D eigenvalue weighted by atomic mass is 10.3. The zero-order valence-corrected chi connectivity index (χ0v) is 10.7. The number of ether oxygens (including phenoxy) is 1. The first-order valence-corrected chi connectivity index (χ1v) is 6.10. The smallest absolute Gasteiger partial charge is 0.224 e. The Hall–Kier alpha value is -2.10. The monoisotopic (exact) mass is 243 g/mol. The van der Waals surface area contributed by atoms with Gasteiger partial charge in [0.15, 0.2) is 0 Å². The molecule has 1 heterocycles. The van der Waals surface area contributed by atoms with Crippen molar-refractivity contribution in [3.8, 4) is 11.6 Å². The number of nitrogens with one attached hydrogen (secondary N) is 1. The van der Waals surface area contributed by atoms with Gasteiger partial charge < -0.3 is 10.1 Å². The molecule has 4 heteroatoms. The van der Waals surface area contributed by atoms with E-state index in [9.17, 15) is 0 Å². The summed E-state index contributed by atoms with van der Waals surface area (Å²) in [5.41, 5.74) is 0. The third-order valence-electron chi connectivity index (χ3n) is 2.34. The molecule has 4 nitrogen and oxygen atoms in total. The first-order chi connectivity index (χ1) is 8.78. The Balaban J connectivity index is 2.15. The Kier molecular flexibility index (Phi) is 4.12. The summed E-state index contributed by atoms with van der Waals surface area (Å²) in [6.45, 7) is 4.86. The molecule has 0 saturated heterocycles. The number of aryl methyl sites for hydroxylation is 1. The van der Waals surface area contributed by atoms with Crippen molar-refractivity contribution in [1.82, 2.24) is 9.97 Å². The van der Waals surface area contributed by atoms with Gasteiger partial charge in [-0.3, -0.25) is 0 Å². The van der Waals surface area contributed by atoms with E-state index in [1.165, 1.54) is 0 Å². The standard InChI is InChI=1S/C14H17N3O/c1-3-9-15-13-10-14(17-11(2)16-13)18-12-7-5-4-6-8-12/h4-8,10H,3,9H2,1-2H3,(H,15,16,17). The number of benzene rings is 1. The van der Waals surface area contributed by atoms with Crippen LogP contribution in [0.25, 0.3) is 0 Å². The van der Waals surface area contributed by atoms with Crippen LogP contribution < -0.4 is 10.1 Å². The molecule has 0 spiro atoms. The summed E-state index contributed by atoms with van der Waals surface area (Å²) in [5, 5.41) is 3.23. The summed E-state index contributed by atoms with van der Waals surface area (Å²) in [5.74, 6) is 2.83. The van der Waals surface area contributed by atoms with E-state index in [0.717, 1.165) is 24.5 Å². The fraction of sp³-hybridized carbons (Fsp3) is 0.286. The molecule has 1 aromatic heterocycles. The van der Waals surface area contributed by atoms with Crippen LogP contribution in [0, 0.1) is 6.92 Å². The van der Waals surface area contributed by atoms with Crippen LogP contribution in [0.15, 0.2) is 36.4 Å². The normalized spacial score (nSPS) is 10.1. The molecule has 18 heavy (non-hydrogen) atoms. The van der Waals surface area contributed by atoms with Crippen LogP contribution in [0.4, 0.5) is 5.82 Å². The SMILES string of the molecule is CCCNc1cc(Oc2ccccc2)nc(C)n1. The quantitative estimate of drug-likeness (QED) is 0.874. The first-order valence-electron chi connectivity index (χ1n) is 6.10. The third-order valence-corrected chi connectivity index (χ3v) is 2.34. The van der Waals surface area contributed by atoms with Gasteiger partial charge >= 0.3 is 0 Å². The Bertz CT molecular complexity index is 500. The minimum absolute atomic E-state index is 0.562. The van der Waals surface area contributed by atoms with Crippen molar-refractivity contribution in [3.63, 3.8) is 0 Å². The fourth-order valence-electron chi connectivity index (χ4n) is 1.55. The zero-order valence-electron chi connectivity index (χ0n) is 10.7. The van der Waals surface area contributed by atoms with E-state index in [1.807, 2.05) is 43.3 Å². The van der Waals surface area contributed by atoms with Gasteiger partial charge in [0, 0.05) is 12.6 Å². The van der Waals surface area contributed by atoms with Gasteiger partial charge in [0.05, 0.1) is 0 Å². The number of aromatic nitrogens is 2. The van der Waals surface area contributed by atoms with Gasteiger partial charge in [-0.25, -0.2) is 4.98 Å². The van der Waals surface area contributed by atoms with Gasteiger partial charge in [-0.05, 0) is 25.5 Å². The van der Waals surface area contributed by atoms with E-state index >= 15 is 0 Å². The molecule has 0 radical (unpaired) electrons. The average Bonchev–Trinajstić information content (AvgIpc) is 2.37. The van der Waals surface area contributed by atoms with Crippen molar-refractivity contribution in [1.29, 1.82) is 0 Å². The van der Waals surface area contributed by atoms with Crippen LogP contribution in [0.5, 0.6) is 11.6 Å². The highest BCUT2D eigenvalue weighted by Gasteiger charge is 2.03. The molecule has 0 amide bonds. The molecule has 2 rings (SSSR count). The van der Waals surface area contributed by atoms with Crippen molar-refractivity contribution >= 4 is 5.82 Å². The van der Waals surface area contributed by atoms with E-state index in [4.69, 9.17) is 4.74 Å². The Morgan fingerprint density at radius 2 is 1.94 bits per heavy atom. The second kappa shape index (κ2) is 6.00. The molecule has 0 fully saturated rings. The number of nitrogens with zero attached hydrogens (tertiary/aromatic N) is 2. The lowest BCUT2D eigenvalue weighted by molar-refractivity contribution is 0.460. The maximum Gasteiger partial charge on any atom is 0.224 e. The largest absolute Gasteiger partial charge is 0.439 e. The summed E-state index contributed by atoms with van der Waals surface area (Å²) >= 11 is 0. The maximum atomic E-state index is 5.69. The minimum atomic E-state index is 0.562. The number of hydrogen-bond acceptors (Lipinski definition) is 4. The van der Waals surface area contributed by atoms with Crippen molar-refractivity contribution < 1.29 is 4.74 Å². The van der Waals surface area contributed by atoms with Crippen LogP contribution in [-0.2, 0) is 0 Å². The molecular weight excluding hydrogens is 226 g/mol. The predicted molar refractivity (Wildman–Crippen MR) is 72.1 cm³/mol. The van der Waals surface area contributed by atoms with Crippen molar-refractivity contribution in [3.05, 3.63) is 42.2 Å². The Morgan fingerprint density at radius 3 is 2.67 bits per heavy atom. The fourth-order valence-corrected chi connectivity index (χ4v) is 1.55. The molecular formula is C14H17N3O. The Labute approximate surface area is 107 Å². The van der Waals surface area contributed by atoms with Crippen molar-refractivity contribution in [2.45, 2.75) is 20.3 Å². The summed E-state index contributed by atoms with van der Waals surface area (Å²) in [4.78, 5) is 8.57. The number of hydrogen-bond donors (Lipinski definition) is 1. The molecule has 0 unspecified atom stereocenters. The van der Waals surface area contributed by atoms with Crippen molar-refractivity contribution in [2.75, 3.05) is 11.9 Å². The van der Waals surface area contributed by atoms with E-state index < -0.39 is 0 Å². The predicted octanol–water partition coefficient (Wildman–Crippen LogP) is 3.40. The highest BCUT2D eigenvalue weighted by atomic mass is 16.5. The summed E-state index contributed by atoms with van der Waals surface area (Å²) < 4.78 is 5.69. The third kappa shape index (κ3) is 3.45. The summed E-state index contributed by atoms with van der Waals surface area (Å²) in [7, 11) is 0. The molecule has 0 atom stereocenters.